The number of nitrogens with zero attached hydrogens (tertiary/aromatic N) is 4. The van der Waals surface area contributed by atoms with Crippen LogP contribution in [0.5, 0.6) is 5.88 Å². The molecule has 3 rings (SSSR count). The van der Waals surface area contributed by atoms with Crippen molar-refractivity contribution in [3.8, 4) is 5.88 Å². The molecule has 0 unspecified atom stereocenters. The van der Waals surface area contributed by atoms with Gasteiger partial charge in [-0.15, -0.1) is 0 Å². The lowest BCUT2D eigenvalue weighted by atomic mass is 10.2. The minimum Gasteiger partial charge on any atom is -0.475 e. The summed E-state index contributed by atoms with van der Waals surface area (Å²) in [6, 6.07) is 5.44. The van der Waals surface area contributed by atoms with Crippen LogP contribution >= 0.6 is 0 Å². The summed E-state index contributed by atoms with van der Waals surface area (Å²) < 4.78 is 49.2. The Morgan fingerprint density at radius 2 is 1.97 bits per heavy atom. The van der Waals surface area contributed by atoms with E-state index >= 15 is 0 Å². The van der Waals surface area contributed by atoms with Crippen molar-refractivity contribution in [3.05, 3.63) is 48.0 Å². The number of alkyl halides is 3. The van der Waals surface area contributed by atoms with Crippen LogP contribution in [0.1, 0.15) is 16.1 Å². The second kappa shape index (κ2) is 9.51. The Hall–Kier alpha value is -3.24. The van der Waals surface area contributed by atoms with Crippen molar-refractivity contribution in [1.29, 1.82) is 0 Å². The number of nitrogens with one attached hydrogen (secondary N) is 1. The molecule has 3 heterocycles. The zero-order valence-electron chi connectivity index (χ0n) is 16.4. The van der Waals surface area contributed by atoms with Gasteiger partial charge in [0.2, 0.25) is 5.88 Å². The number of rotatable bonds is 5. The van der Waals surface area contributed by atoms with Crippen LogP contribution in [0.25, 0.3) is 0 Å². The largest absolute Gasteiger partial charge is 0.475 e. The van der Waals surface area contributed by atoms with Gasteiger partial charge in [0, 0.05) is 39.4 Å². The molecule has 2 aromatic heterocycles. The molecular weight excluding hydrogens is 403 g/mol. The van der Waals surface area contributed by atoms with Gasteiger partial charge in [-0.1, -0.05) is 0 Å². The van der Waals surface area contributed by atoms with Crippen molar-refractivity contribution >= 4 is 11.9 Å². The Kier molecular flexibility index (Phi) is 6.80. The fourth-order valence-corrected chi connectivity index (χ4v) is 3.04. The number of aliphatic imine (C=N–C) groups is 1. The predicted molar refractivity (Wildman–Crippen MR) is 102 cm³/mol. The molecule has 11 heteroatoms. The van der Waals surface area contributed by atoms with E-state index in [0.717, 1.165) is 6.07 Å². The Labute approximate surface area is 171 Å². The van der Waals surface area contributed by atoms with Gasteiger partial charge in [-0.2, -0.15) is 13.2 Å². The fourth-order valence-electron chi connectivity index (χ4n) is 3.04. The van der Waals surface area contributed by atoms with Crippen LogP contribution in [0.3, 0.4) is 0 Å². The lowest BCUT2D eigenvalue weighted by molar-refractivity contribution is -0.139. The fraction of sp³-hybridized carbons (Fsp3) is 0.421. The van der Waals surface area contributed by atoms with E-state index < -0.39 is 17.6 Å². The molecule has 1 aliphatic rings. The smallest absolute Gasteiger partial charge is 0.421 e. The lowest BCUT2D eigenvalue weighted by Gasteiger charge is -2.36. The molecule has 162 valence electrons. The summed E-state index contributed by atoms with van der Waals surface area (Å²) in [7, 11) is 1.62. The molecule has 30 heavy (non-hydrogen) atoms. The molecule has 2 aromatic rings. The van der Waals surface area contributed by atoms with E-state index in [-0.39, 0.29) is 19.1 Å². The monoisotopic (exact) mass is 425 g/mol. The van der Waals surface area contributed by atoms with E-state index in [1.807, 2.05) is 4.90 Å². The molecule has 1 amide bonds. The summed E-state index contributed by atoms with van der Waals surface area (Å²) in [5.74, 6) is 0.273. The number of halogens is 3. The number of pyridine rings is 1. The Morgan fingerprint density at radius 3 is 2.60 bits per heavy atom. The number of aromatic nitrogens is 1. The number of guanidine groups is 1. The summed E-state index contributed by atoms with van der Waals surface area (Å²) in [6.45, 7) is 2.35. The quantitative estimate of drug-likeness (QED) is 0.449. The summed E-state index contributed by atoms with van der Waals surface area (Å²) in [5, 5.41) is 3.06. The minimum atomic E-state index is -4.53. The van der Waals surface area contributed by atoms with E-state index in [0.29, 0.717) is 37.9 Å². The molecule has 0 spiro atoms. The number of hydrogen-bond donors (Lipinski definition) is 1. The lowest BCUT2D eigenvalue weighted by Crippen LogP contribution is -2.54. The average molecular weight is 425 g/mol. The molecular formula is C19H22F3N5O3. The number of amides is 1. The topological polar surface area (TPSA) is 83.2 Å². The van der Waals surface area contributed by atoms with Crippen LogP contribution in [0.15, 0.2) is 46.1 Å². The van der Waals surface area contributed by atoms with E-state index in [4.69, 9.17) is 9.15 Å². The maximum atomic E-state index is 13.0. The summed E-state index contributed by atoms with van der Waals surface area (Å²) in [4.78, 5) is 23.8. The molecule has 0 radical (unpaired) electrons. The van der Waals surface area contributed by atoms with Gasteiger partial charge in [-0.25, -0.2) is 4.98 Å². The standard InChI is InChI=1S/C19H22F3N5O3/c1-23-18(25-7-13-30-16-14(19(20,21)22)4-2-6-24-16)27-10-8-26(9-11-27)17(28)15-5-3-12-29-15/h2-6,12H,7-11,13H2,1H3,(H,23,25). The number of furan rings is 1. The zero-order chi connectivity index (χ0) is 21.6. The second-order valence-corrected chi connectivity index (χ2v) is 6.43. The molecule has 1 aliphatic heterocycles. The van der Waals surface area contributed by atoms with E-state index in [2.05, 4.69) is 15.3 Å². The van der Waals surface area contributed by atoms with Crippen LogP contribution in [-0.2, 0) is 6.18 Å². The van der Waals surface area contributed by atoms with E-state index in [1.54, 1.807) is 24.1 Å². The molecule has 1 fully saturated rings. The third kappa shape index (κ3) is 5.22. The highest BCUT2D eigenvalue weighted by molar-refractivity contribution is 5.91. The number of hydrogen-bond acceptors (Lipinski definition) is 5. The van der Waals surface area contributed by atoms with Gasteiger partial charge in [0.15, 0.2) is 11.7 Å². The van der Waals surface area contributed by atoms with Crippen molar-refractivity contribution in [2.75, 3.05) is 46.4 Å². The van der Waals surface area contributed by atoms with Gasteiger partial charge in [-0.3, -0.25) is 9.79 Å². The second-order valence-electron chi connectivity index (χ2n) is 6.43. The Morgan fingerprint density at radius 1 is 1.23 bits per heavy atom. The zero-order valence-corrected chi connectivity index (χ0v) is 16.4. The first-order valence-corrected chi connectivity index (χ1v) is 9.33. The molecule has 1 saturated heterocycles. The predicted octanol–water partition coefficient (Wildman–Crippen LogP) is 2.11. The van der Waals surface area contributed by atoms with Crippen molar-refractivity contribution in [1.82, 2.24) is 20.1 Å². The van der Waals surface area contributed by atoms with Crippen molar-refractivity contribution < 1.29 is 27.1 Å². The average Bonchev–Trinajstić information content (AvgIpc) is 3.28. The van der Waals surface area contributed by atoms with Gasteiger partial charge < -0.3 is 24.3 Å². The first kappa shape index (κ1) is 21.5. The van der Waals surface area contributed by atoms with Crippen LogP contribution in [-0.4, -0.2) is 73.0 Å². The highest BCUT2D eigenvalue weighted by Gasteiger charge is 2.35. The normalized spacial score (nSPS) is 15.3. The maximum absolute atomic E-state index is 13.0. The summed E-state index contributed by atoms with van der Waals surface area (Å²) in [6.07, 6.45) is -1.82. The van der Waals surface area contributed by atoms with Gasteiger partial charge in [0.1, 0.15) is 12.2 Å². The highest BCUT2D eigenvalue weighted by Crippen LogP contribution is 2.34. The van der Waals surface area contributed by atoms with Crippen LogP contribution in [0.4, 0.5) is 13.2 Å². The summed E-state index contributed by atoms with van der Waals surface area (Å²) in [5.41, 5.74) is -0.910. The first-order valence-electron chi connectivity index (χ1n) is 9.33. The van der Waals surface area contributed by atoms with Gasteiger partial charge in [0.25, 0.3) is 5.91 Å². The van der Waals surface area contributed by atoms with Crippen molar-refractivity contribution in [2.24, 2.45) is 4.99 Å². The first-order chi connectivity index (χ1) is 14.4. The number of piperazine rings is 1. The van der Waals surface area contributed by atoms with Crippen molar-refractivity contribution in [3.63, 3.8) is 0 Å². The SMILES string of the molecule is CN=C(NCCOc1ncccc1C(F)(F)F)N1CCN(C(=O)c2ccco2)CC1. The van der Waals surface area contributed by atoms with Crippen molar-refractivity contribution in [2.45, 2.75) is 6.18 Å². The molecule has 0 aliphatic carbocycles. The van der Waals surface area contributed by atoms with Gasteiger partial charge in [-0.05, 0) is 24.3 Å². The summed E-state index contributed by atoms with van der Waals surface area (Å²) >= 11 is 0. The van der Waals surface area contributed by atoms with E-state index in [1.165, 1.54) is 18.5 Å². The van der Waals surface area contributed by atoms with Gasteiger partial charge >= 0.3 is 6.18 Å². The third-order valence-electron chi connectivity index (χ3n) is 4.51. The highest BCUT2D eigenvalue weighted by atomic mass is 19.4. The van der Waals surface area contributed by atoms with Gasteiger partial charge in [0.05, 0.1) is 12.8 Å². The molecule has 1 N–H and O–H groups in total. The Bertz CT molecular complexity index is 863. The number of carbonyl (C=O) groups excluding carboxylic acids is 1. The van der Waals surface area contributed by atoms with Crippen LogP contribution in [0, 0.1) is 0 Å². The molecule has 0 bridgehead atoms. The van der Waals surface area contributed by atoms with Crippen LogP contribution in [0.2, 0.25) is 0 Å². The number of ether oxygens (including phenoxy) is 1. The number of carbonyl (C=O) groups is 1. The third-order valence-corrected chi connectivity index (χ3v) is 4.51. The molecule has 0 aromatic carbocycles. The van der Waals surface area contributed by atoms with Crippen LogP contribution < -0.4 is 10.1 Å². The molecule has 0 atom stereocenters. The van der Waals surface area contributed by atoms with E-state index in [9.17, 15) is 18.0 Å². The minimum absolute atomic E-state index is 0.0178. The molecule has 0 saturated carbocycles. The molecule has 8 nitrogen and oxygen atoms in total. The Balaban J connectivity index is 1.46. The maximum Gasteiger partial charge on any atom is 0.421 e.